The molecular formula is C17H16F3N. The van der Waals surface area contributed by atoms with Gasteiger partial charge in [0.15, 0.2) is 17.5 Å². The first-order chi connectivity index (χ1) is 9.90. The number of anilines is 1. The smallest absolute Gasteiger partial charge is 0.196 e. The van der Waals surface area contributed by atoms with Crippen molar-refractivity contribution < 1.29 is 13.2 Å². The minimum absolute atomic E-state index is 0.0105. The van der Waals surface area contributed by atoms with Crippen LogP contribution in [-0.2, 0) is 6.42 Å². The number of halogens is 3. The number of nitrogens with one attached hydrogen (secondary N) is 1. The predicted molar refractivity (Wildman–Crippen MR) is 76.6 cm³/mol. The van der Waals surface area contributed by atoms with Crippen LogP contribution in [0.5, 0.6) is 0 Å². The lowest BCUT2D eigenvalue weighted by atomic mass is 9.85. The van der Waals surface area contributed by atoms with Crippen LogP contribution in [0.2, 0.25) is 0 Å². The maximum atomic E-state index is 13.9. The molecule has 0 spiro atoms. The van der Waals surface area contributed by atoms with Crippen LogP contribution in [-0.4, -0.2) is 0 Å². The van der Waals surface area contributed by atoms with Gasteiger partial charge in [0.2, 0.25) is 0 Å². The molecule has 1 aliphatic carbocycles. The molecule has 21 heavy (non-hydrogen) atoms. The molecule has 0 radical (unpaired) electrons. The molecule has 0 saturated carbocycles. The van der Waals surface area contributed by atoms with Crippen LogP contribution < -0.4 is 5.32 Å². The van der Waals surface area contributed by atoms with Crippen LogP contribution >= 0.6 is 0 Å². The summed E-state index contributed by atoms with van der Waals surface area (Å²) in [7, 11) is 0. The van der Waals surface area contributed by atoms with E-state index in [-0.39, 0.29) is 17.1 Å². The van der Waals surface area contributed by atoms with E-state index in [0.29, 0.717) is 0 Å². The van der Waals surface area contributed by atoms with Crippen LogP contribution in [0.1, 0.15) is 31.0 Å². The lowest BCUT2D eigenvalue weighted by Crippen LogP contribution is -2.25. The third-order valence-electron chi connectivity index (χ3n) is 4.13. The Kier molecular flexibility index (Phi) is 3.19. The summed E-state index contributed by atoms with van der Waals surface area (Å²) in [5.74, 6) is -3.79. The molecule has 0 aromatic heterocycles. The van der Waals surface area contributed by atoms with E-state index < -0.39 is 17.5 Å². The number of fused-ring (bicyclic) bond motifs is 1. The first-order valence-corrected chi connectivity index (χ1v) is 6.88. The number of hydrogen-bond donors (Lipinski definition) is 1. The second-order valence-corrected chi connectivity index (χ2v) is 6.16. The molecule has 2 aromatic rings. The third-order valence-corrected chi connectivity index (χ3v) is 4.13. The van der Waals surface area contributed by atoms with Gasteiger partial charge in [0.1, 0.15) is 0 Å². The fraction of sp³-hybridized carbons (Fsp3) is 0.294. The summed E-state index contributed by atoms with van der Waals surface area (Å²) >= 11 is 0. The highest BCUT2D eigenvalue weighted by molar-refractivity contribution is 5.51. The second kappa shape index (κ2) is 4.79. The zero-order valence-corrected chi connectivity index (χ0v) is 11.9. The van der Waals surface area contributed by atoms with Gasteiger partial charge in [0.25, 0.3) is 0 Å². The molecule has 3 rings (SSSR count). The molecule has 2 aromatic carbocycles. The van der Waals surface area contributed by atoms with E-state index in [9.17, 15) is 13.2 Å². The molecule has 1 N–H and O–H groups in total. The lowest BCUT2D eigenvalue weighted by molar-refractivity contribution is 0.335. The van der Waals surface area contributed by atoms with Gasteiger partial charge in [-0.05, 0) is 35.1 Å². The molecule has 0 fully saturated rings. The zero-order chi connectivity index (χ0) is 15.2. The summed E-state index contributed by atoms with van der Waals surface area (Å²) in [6.45, 7) is 4.14. The molecule has 0 aliphatic heterocycles. The van der Waals surface area contributed by atoms with Gasteiger partial charge in [0, 0.05) is 0 Å². The molecule has 1 unspecified atom stereocenters. The minimum atomic E-state index is -1.44. The summed E-state index contributed by atoms with van der Waals surface area (Å²) in [5, 5.41) is 3.04. The van der Waals surface area contributed by atoms with Crippen molar-refractivity contribution in [1.82, 2.24) is 0 Å². The molecule has 110 valence electrons. The van der Waals surface area contributed by atoms with E-state index in [4.69, 9.17) is 0 Å². The van der Waals surface area contributed by atoms with Gasteiger partial charge in [-0.2, -0.15) is 0 Å². The fourth-order valence-corrected chi connectivity index (χ4v) is 3.06. The van der Waals surface area contributed by atoms with Crippen molar-refractivity contribution in [2.45, 2.75) is 26.3 Å². The SMILES string of the molecule is CC1(C)Cc2ccccc2C1Nc1ccc(F)c(F)c1F. The van der Waals surface area contributed by atoms with Gasteiger partial charge in [-0.3, -0.25) is 0 Å². The van der Waals surface area contributed by atoms with Gasteiger partial charge in [-0.15, -0.1) is 0 Å². The maximum absolute atomic E-state index is 13.9. The second-order valence-electron chi connectivity index (χ2n) is 6.16. The predicted octanol–water partition coefficient (Wildman–Crippen LogP) is 4.84. The zero-order valence-electron chi connectivity index (χ0n) is 11.9. The van der Waals surface area contributed by atoms with Crippen molar-refractivity contribution in [3.63, 3.8) is 0 Å². The Bertz CT molecular complexity index is 694. The number of benzene rings is 2. The van der Waals surface area contributed by atoms with Crippen LogP contribution in [0.25, 0.3) is 0 Å². The van der Waals surface area contributed by atoms with Gasteiger partial charge in [-0.25, -0.2) is 13.2 Å². The summed E-state index contributed by atoms with van der Waals surface area (Å²) in [5.41, 5.74) is 2.12. The minimum Gasteiger partial charge on any atom is -0.375 e. The highest BCUT2D eigenvalue weighted by Crippen LogP contribution is 2.47. The maximum Gasteiger partial charge on any atom is 0.196 e. The number of hydrogen-bond acceptors (Lipinski definition) is 1. The van der Waals surface area contributed by atoms with E-state index in [2.05, 4.69) is 19.2 Å². The van der Waals surface area contributed by atoms with Crippen LogP contribution in [0, 0.1) is 22.9 Å². The molecule has 4 heteroatoms. The quantitative estimate of drug-likeness (QED) is 0.781. The van der Waals surface area contributed by atoms with Crippen molar-refractivity contribution in [2.24, 2.45) is 5.41 Å². The van der Waals surface area contributed by atoms with Gasteiger partial charge < -0.3 is 5.32 Å². The Labute approximate surface area is 121 Å². The summed E-state index contributed by atoms with van der Waals surface area (Å²) < 4.78 is 40.3. The highest BCUT2D eigenvalue weighted by Gasteiger charge is 2.39. The molecule has 1 aliphatic rings. The monoisotopic (exact) mass is 291 g/mol. The van der Waals surface area contributed by atoms with Crippen molar-refractivity contribution in [2.75, 3.05) is 5.32 Å². The first kappa shape index (κ1) is 14.0. The molecule has 0 amide bonds. The van der Waals surface area contributed by atoms with Crippen LogP contribution in [0.3, 0.4) is 0 Å². The van der Waals surface area contributed by atoms with E-state index in [0.717, 1.165) is 18.1 Å². The Hall–Kier alpha value is -1.97. The fourth-order valence-electron chi connectivity index (χ4n) is 3.06. The Morgan fingerprint density at radius 3 is 2.48 bits per heavy atom. The van der Waals surface area contributed by atoms with Crippen molar-refractivity contribution >= 4 is 5.69 Å². The molecule has 0 heterocycles. The average Bonchev–Trinajstić information content (AvgIpc) is 2.70. The Morgan fingerprint density at radius 1 is 1.00 bits per heavy atom. The van der Waals surface area contributed by atoms with Crippen molar-refractivity contribution in [3.8, 4) is 0 Å². The van der Waals surface area contributed by atoms with E-state index in [1.165, 1.54) is 11.6 Å². The molecular weight excluding hydrogens is 275 g/mol. The Balaban J connectivity index is 2.00. The van der Waals surface area contributed by atoms with Crippen molar-refractivity contribution in [1.29, 1.82) is 0 Å². The molecule has 0 saturated heterocycles. The lowest BCUT2D eigenvalue weighted by Gasteiger charge is -2.29. The first-order valence-electron chi connectivity index (χ1n) is 6.88. The van der Waals surface area contributed by atoms with E-state index in [1.54, 1.807) is 0 Å². The summed E-state index contributed by atoms with van der Waals surface area (Å²) in [6.07, 6.45) is 0.853. The van der Waals surface area contributed by atoms with Crippen LogP contribution in [0.15, 0.2) is 36.4 Å². The average molecular weight is 291 g/mol. The third kappa shape index (κ3) is 2.28. The van der Waals surface area contributed by atoms with Gasteiger partial charge in [-0.1, -0.05) is 38.1 Å². The normalized spacial score (nSPS) is 19.4. The molecule has 0 bridgehead atoms. The van der Waals surface area contributed by atoms with Gasteiger partial charge in [0.05, 0.1) is 11.7 Å². The van der Waals surface area contributed by atoms with E-state index in [1.807, 2.05) is 24.3 Å². The largest absolute Gasteiger partial charge is 0.375 e. The number of rotatable bonds is 2. The summed E-state index contributed by atoms with van der Waals surface area (Å²) in [4.78, 5) is 0. The summed E-state index contributed by atoms with van der Waals surface area (Å²) in [6, 6.07) is 9.96. The molecule has 1 atom stereocenters. The topological polar surface area (TPSA) is 12.0 Å². The van der Waals surface area contributed by atoms with Crippen LogP contribution in [0.4, 0.5) is 18.9 Å². The standard InChI is InChI=1S/C17H16F3N/c1-17(2)9-10-5-3-4-6-11(10)16(17)21-13-8-7-12(18)14(19)15(13)20/h3-8,16,21H,9H2,1-2H3. The highest BCUT2D eigenvalue weighted by atomic mass is 19.2. The van der Waals surface area contributed by atoms with E-state index >= 15 is 0 Å². The Morgan fingerprint density at radius 2 is 1.71 bits per heavy atom. The van der Waals surface area contributed by atoms with Crippen molar-refractivity contribution in [3.05, 3.63) is 65.0 Å². The molecule has 1 nitrogen and oxygen atoms in total. The van der Waals surface area contributed by atoms with Gasteiger partial charge >= 0.3 is 0 Å².